The van der Waals surface area contributed by atoms with E-state index in [4.69, 9.17) is 18.9 Å². The average Bonchev–Trinajstić information content (AvgIpc) is 2.95. The van der Waals surface area contributed by atoms with E-state index in [-0.39, 0.29) is 36.3 Å². The second-order valence-electron chi connectivity index (χ2n) is 8.03. The molecular formula is C23H34O5. The smallest absolute Gasteiger partial charge is 0.334 e. The largest absolute Gasteiger partial charge is 0.454 e. The van der Waals surface area contributed by atoms with Gasteiger partial charge in [-0.2, -0.15) is 0 Å². The van der Waals surface area contributed by atoms with Gasteiger partial charge in [-0.1, -0.05) is 50.8 Å². The molecule has 156 valence electrons. The molecular weight excluding hydrogens is 356 g/mol. The summed E-state index contributed by atoms with van der Waals surface area (Å²) in [6, 6.07) is 0. The van der Waals surface area contributed by atoms with Gasteiger partial charge in [0.1, 0.15) is 12.9 Å². The SMILES string of the molecule is C=C/C=C/[C@@H](OCOCCOC)[C@@H]1CCC(C)=C([C@H]2CC(=C)C(=O)O2)C1(C)C. The molecule has 1 heterocycles. The molecule has 0 amide bonds. The van der Waals surface area contributed by atoms with Gasteiger partial charge in [0.05, 0.1) is 19.3 Å². The Morgan fingerprint density at radius 3 is 2.71 bits per heavy atom. The molecule has 0 spiro atoms. The van der Waals surface area contributed by atoms with Crippen LogP contribution >= 0.6 is 0 Å². The number of rotatable bonds is 10. The lowest BCUT2D eigenvalue weighted by Crippen LogP contribution is -2.42. The maximum absolute atomic E-state index is 11.9. The molecule has 3 atom stereocenters. The van der Waals surface area contributed by atoms with Crippen LogP contribution in [0.25, 0.3) is 0 Å². The number of cyclic esters (lactones) is 1. The quantitative estimate of drug-likeness (QED) is 0.139. The first-order valence-corrected chi connectivity index (χ1v) is 9.89. The summed E-state index contributed by atoms with van der Waals surface area (Å²) in [5, 5.41) is 0. The molecule has 0 saturated carbocycles. The molecule has 0 aromatic rings. The topological polar surface area (TPSA) is 54.0 Å². The van der Waals surface area contributed by atoms with E-state index < -0.39 is 0 Å². The van der Waals surface area contributed by atoms with Crippen LogP contribution in [0.2, 0.25) is 0 Å². The number of hydrogen-bond acceptors (Lipinski definition) is 5. The monoisotopic (exact) mass is 390 g/mol. The lowest BCUT2D eigenvalue weighted by molar-refractivity contribution is -0.138. The number of allylic oxidation sites excluding steroid dienone is 3. The van der Waals surface area contributed by atoms with E-state index in [1.165, 1.54) is 11.1 Å². The summed E-state index contributed by atoms with van der Waals surface area (Å²) in [6.45, 7) is 15.4. The van der Waals surface area contributed by atoms with Crippen molar-refractivity contribution in [2.75, 3.05) is 27.1 Å². The summed E-state index contributed by atoms with van der Waals surface area (Å²) in [5.41, 5.74) is 2.86. The van der Waals surface area contributed by atoms with Crippen molar-refractivity contribution in [2.45, 2.75) is 52.2 Å². The summed E-state index contributed by atoms with van der Waals surface area (Å²) < 4.78 is 22.3. The van der Waals surface area contributed by atoms with E-state index in [1.807, 2.05) is 12.2 Å². The second-order valence-corrected chi connectivity index (χ2v) is 8.03. The van der Waals surface area contributed by atoms with Crippen LogP contribution in [0.4, 0.5) is 0 Å². The molecule has 1 aliphatic heterocycles. The Bertz CT molecular complexity index is 627. The lowest BCUT2D eigenvalue weighted by atomic mass is 9.62. The van der Waals surface area contributed by atoms with Crippen molar-refractivity contribution in [3.8, 4) is 0 Å². The predicted octanol–water partition coefficient (Wildman–Crippen LogP) is 4.36. The van der Waals surface area contributed by atoms with E-state index in [9.17, 15) is 4.79 Å². The van der Waals surface area contributed by atoms with Crippen molar-refractivity contribution >= 4 is 5.97 Å². The Morgan fingerprint density at radius 1 is 1.36 bits per heavy atom. The normalized spacial score (nSPS) is 26.0. The molecule has 0 bridgehead atoms. The minimum atomic E-state index is -0.283. The first-order valence-electron chi connectivity index (χ1n) is 9.89. The molecule has 5 nitrogen and oxygen atoms in total. The molecule has 2 rings (SSSR count). The zero-order valence-corrected chi connectivity index (χ0v) is 17.7. The minimum Gasteiger partial charge on any atom is -0.454 e. The van der Waals surface area contributed by atoms with Gasteiger partial charge in [0, 0.05) is 19.1 Å². The summed E-state index contributed by atoms with van der Waals surface area (Å²) in [7, 11) is 1.64. The van der Waals surface area contributed by atoms with Crippen LogP contribution in [0, 0.1) is 11.3 Å². The molecule has 0 radical (unpaired) electrons. The van der Waals surface area contributed by atoms with Crippen LogP contribution < -0.4 is 0 Å². The van der Waals surface area contributed by atoms with Crippen molar-refractivity contribution in [3.63, 3.8) is 0 Å². The van der Waals surface area contributed by atoms with Crippen LogP contribution in [0.1, 0.15) is 40.0 Å². The van der Waals surface area contributed by atoms with E-state index in [2.05, 4.69) is 33.9 Å². The molecule has 28 heavy (non-hydrogen) atoms. The van der Waals surface area contributed by atoms with Gasteiger partial charge in [-0.25, -0.2) is 4.79 Å². The van der Waals surface area contributed by atoms with Gasteiger partial charge in [-0.15, -0.1) is 0 Å². The predicted molar refractivity (Wildman–Crippen MR) is 110 cm³/mol. The second kappa shape index (κ2) is 10.2. The highest BCUT2D eigenvalue weighted by atomic mass is 16.7. The van der Waals surface area contributed by atoms with Crippen LogP contribution in [-0.2, 0) is 23.7 Å². The van der Waals surface area contributed by atoms with Gasteiger partial charge in [-0.3, -0.25) is 0 Å². The maximum Gasteiger partial charge on any atom is 0.334 e. The Balaban J connectivity index is 2.19. The summed E-state index contributed by atoms with van der Waals surface area (Å²) in [6.07, 6.45) is 7.87. The van der Waals surface area contributed by atoms with Crippen molar-refractivity contribution in [1.82, 2.24) is 0 Å². The highest BCUT2D eigenvalue weighted by Crippen LogP contribution is 2.50. The molecule has 2 aliphatic rings. The first-order chi connectivity index (χ1) is 13.3. The van der Waals surface area contributed by atoms with E-state index >= 15 is 0 Å². The zero-order chi connectivity index (χ0) is 20.7. The molecule has 1 saturated heterocycles. The number of carbonyl (C=O) groups excluding carboxylic acids is 1. The Labute approximate surface area is 169 Å². The lowest BCUT2D eigenvalue weighted by Gasteiger charge is -2.46. The van der Waals surface area contributed by atoms with E-state index in [1.54, 1.807) is 13.2 Å². The number of esters is 1. The number of ether oxygens (including phenoxy) is 4. The van der Waals surface area contributed by atoms with Crippen molar-refractivity contribution in [2.24, 2.45) is 11.3 Å². The first kappa shape index (κ1) is 22.6. The summed E-state index contributed by atoms with van der Waals surface area (Å²) in [4.78, 5) is 11.9. The Morgan fingerprint density at radius 2 is 2.11 bits per heavy atom. The Kier molecular flexibility index (Phi) is 8.23. The number of carbonyl (C=O) groups is 1. The third kappa shape index (κ3) is 5.22. The molecule has 0 aromatic heterocycles. The fourth-order valence-electron chi connectivity index (χ4n) is 4.43. The van der Waals surface area contributed by atoms with Crippen molar-refractivity contribution in [1.29, 1.82) is 0 Å². The number of hydrogen-bond donors (Lipinski definition) is 0. The fourth-order valence-corrected chi connectivity index (χ4v) is 4.43. The fraction of sp³-hybridized carbons (Fsp3) is 0.609. The van der Waals surface area contributed by atoms with Gasteiger partial charge < -0.3 is 18.9 Å². The van der Waals surface area contributed by atoms with Gasteiger partial charge in [0.15, 0.2) is 0 Å². The highest BCUT2D eigenvalue weighted by molar-refractivity contribution is 5.90. The van der Waals surface area contributed by atoms with Crippen molar-refractivity contribution in [3.05, 3.63) is 48.1 Å². The summed E-state index contributed by atoms with van der Waals surface area (Å²) >= 11 is 0. The zero-order valence-electron chi connectivity index (χ0n) is 17.7. The third-order valence-electron chi connectivity index (χ3n) is 5.81. The average molecular weight is 391 g/mol. The standard InChI is InChI=1S/C23H34O5/c1-7-8-9-19(27-15-26-13-12-25-6)18-11-10-16(2)21(23(18,4)5)20-14-17(3)22(24)28-20/h7-9,18-20H,1,3,10-15H2,2,4-6H3/b9-8+/t18-,19+,20+/m0/s1. The summed E-state index contributed by atoms with van der Waals surface area (Å²) in [5.74, 6) is -0.0601. The van der Waals surface area contributed by atoms with E-state index in [0.29, 0.717) is 25.2 Å². The third-order valence-corrected chi connectivity index (χ3v) is 5.81. The van der Waals surface area contributed by atoms with Crippen LogP contribution in [-0.4, -0.2) is 45.3 Å². The van der Waals surface area contributed by atoms with Gasteiger partial charge in [0.25, 0.3) is 0 Å². The van der Waals surface area contributed by atoms with Gasteiger partial charge in [0.2, 0.25) is 0 Å². The molecule has 0 aromatic carbocycles. The Hall–Kier alpha value is -1.69. The molecule has 1 fully saturated rings. The van der Waals surface area contributed by atoms with E-state index in [0.717, 1.165) is 12.8 Å². The number of methoxy groups -OCH3 is 1. The molecule has 1 aliphatic carbocycles. The van der Waals surface area contributed by atoms with Crippen LogP contribution in [0.3, 0.4) is 0 Å². The minimum absolute atomic E-state index is 0.126. The molecule has 0 unspecified atom stereocenters. The van der Waals surface area contributed by atoms with Crippen molar-refractivity contribution < 1.29 is 23.7 Å². The van der Waals surface area contributed by atoms with Gasteiger partial charge >= 0.3 is 5.97 Å². The molecule has 5 heteroatoms. The van der Waals surface area contributed by atoms with Gasteiger partial charge in [-0.05, 0) is 36.7 Å². The van der Waals surface area contributed by atoms with Crippen LogP contribution in [0.5, 0.6) is 0 Å². The molecule has 0 N–H and O–H groups in total. The van der Waals surface area contributed by atoms with Crippen LogP contribution in [0.15, 0.2) is 48.1 Å². The maximum atomic E-state index is 11.9. The highest BCUT2D eigenvalue weighted by Gasteiger charge is 2.46.